The van der Waals surface area contributed by atoms with E-state index in [0.717, 1.165) is 44.2 Å². The average Bonchev–Trinajstić information content (AvgIpc) is 2.80. The van der Waals surface area contributed by atoms with Crippen LogP contribution in [-0.2, 0) is 12.8 Å². The number of fused-ring (bicyclic) bond motifs is 1. The Kier molecular flexibility index (Phi) is 4.13. The number of hydrogen-bond donors (Lipinski definition) is 3. The minimum absolute atomic E-state index is 0.606. The number of H-pyrrole nitrogens is 1. The van der Waals surface area contributed by atoms with E-state index in [4.69, 9.17) is 12.2 Å². The van der Waals surface area contributed by atoms with Crippen molar-refractivity contribution in [1.82, 2.24) is 15.3 Å². The van der Waals surface area contributed by atoms with Crippen molar-refractivity contribution in [1.29, 1.82) is 0 Å². The molecule has 0 unspecified atom stereocenters. The molecule has 1 aliphatic carbocycles. The Morgan fingerprint density at radius 2 is 2.00 bits per heavy atom. The van der Waals surface area contributed by atoms with Gasteiger partial charge in [0, 0.05) is 30.8 Å². The van der Waals surface area contributed by atoms with Gasteiger partial charge in [0.15, 0.2) is 4.77 Å². The number of nitrogens with zero attached hydrogens (tertiary/aromatic N) is 1. The van der Waals surface area contributed by atoms with Crippen molar-refractivity contribution in [2.24, 2.45) is 5.92 Å². The van der Waals surface area contributed by atoms with Crippen molar-refractivity contribution >= 4 is 18.0 Å². The molecule has 19 heavy (non-hydrogen) atoms. The van der Waals surface area contributed by atoms with Gasteiger partial charge in [-0.2, -0.15) is 0 Å². The van der Waals surface area contributed by atoms with Crippen LogP contribution in [0, 0.1) is 10.7 Å². The summed E-state index contributed by atoms with van der Waals surface area (Å²) in [7, 11) is 0. The van der Waals surface area contributed by atoms with Crippen molar-refractivity contribution in [3.8, 4) is 0 Å². The summed E-state index contributed by atoms with van der Waals surface area (Å²) in [6, 6.07) is 0. The van der Waals surface area contributed by atoms with Gasteiger partial charge >= 0.3 is 0 Å². The predicted octanol–water partition coefficient (Wildman–Crippen LogP) is 2.43. The third-order valence-electron chi connectivity index (χ3n) is 4.26. The molecule has 2 heterocycles. The molecule has 4 nitrogen and oxygen atoms in total. The molecule has 0 amide bonds. The van der Waals surface area contributed by atoms with Gasteiger partial charge in [-0.15, -0.1) is 0 Å². The highest BCUT2D eigenvalue weighted by Gasteiger charge is 2.17. The maximum Gasteiger partial charge on any atom is 0.198 e. The lowest BCUT2D eigenvalue weighted by Crippen LogP contribution is -2.17. The Morgan fingerprint density at radius 3 is 2.84 bits per heavy atom. The zero-order chi connectivity index (χ0) is 13.1. The molecule has 5 heteroatoms. The molecule has 1 aromatic rings. The van der Waals surface area contributed by atoms with E-state index in [1.807, 2.05) is 0 Å². The van der Waals surface area contributed by atoms with E-state index in [0.29, 0.717) is 4.77 Å². The molecular formula is C14H22N4S. The smallest absolute Gasteiger partial charge is 0.198 e. The van der Waals surface area contributed by atoms with E-state index in [-0.39, 0.29) is 0 Å². The first-order valence-corrected chi connectivity index (χ1v) is 7.80. The lowest BCUT2D eigenvalue weighted by atomic mass is 10.1. The number of hydrogen-bond acceptors (Lipinski definition) is 4. The number of nitrogens with one attached hydrogen (secondary N) is 3. The zero-order valence-corrected chi connectivity index (χ0v) is 12.1. The first kappa shape index (κ1) is 13.1. The molecule has 0 aromatic carbocycles. The fourth-order valence-electron chi connectivity index (χ4n) is 3.18. The van der Waals surface area contributed by atoms with Crippen LogP contribution in [0.5, 0.6) is 0 Å². The molecule has 1 fully saturated rings. The van der Waals surface area contributed by atoms with Crippen LogP contribution in [0.4, 0.5) is 5.82 Å². The third-order valence-corrected chi connectivity index (χ3v) is 4.45. The van der Waals surface area contributed by atoms with Crippen molar-refractivity contribution < 1.29 is 0 Å². The molecule has 3 rings (SSSR count). The average molecular weight is 278 g/mol. The van der Waals surface area contributed by atoms with Crippen LogP contribution in [0.15, 0.2) is 0 Å². The fraction of sp³-hybridized carbons (Fsp3) is 0.714. The molecule has 2 aliphatic rings. The third kappa shape index (κ3) is 3.15. The summed E-state index contributed by atoms with van der Waals surface area (Å²) in [4.78, 5) is 7.77. The van der Waals surface area contributed by atoms with Crippen LogP contribution in [0.25, 0.3) is 0 Å². The summed E-state index contributed by atoms with van der Waals surface area (Å²) in [6.07, 6.45) is 7.53. The fourth-order valence-corrected chi connectivity index (χ4v) is 3.40. The molecular weight excluding hydrogens is 256 g/mol. The van der Waals surface area contributed by atoms with Crippen LogP contribution < -0.4 is 10.6 Å². The quantitative estimate of drug-likeness (QED) is 0.743. The van der Waals surface area contributed by atoms with Gasteiger partial charge in [-0.1, -0.05) is 12.8 Å². The number of anilines is 1. The van der Waals surface area contributed by atoms with Gasteiger partial charge in [-0.3, -0.25) is 0 Å². The second kappa shape index (κ2) is 6.01. The Balaban J connectivity index is 1.79. The Labute approximate surface area is 119 Å². The molecule has 0 atom stereocenters. The van der Waals surface area contributed by atoms with Crippen molar-refractivity contribution in [3.63, 3.8) is 0 Å². The second-order valence-electron chi connectivity index (χ2n) is 5.63. The molecule has 0 bridgehead atoms. The monoisotopic (exact) mass is 278 g/mol. The van der Waals surface area contributed by atoms with Crippen molar-refractivity contribution in [3.05, 3.63) is 16.0 Å². The highest BCUT2D eigenvalue weighted by molar-refractivity contribution is 7.71. The predicted molar refractivity (Wildman–Crippen MR) is 80.1 cm³/mol. The summed E-state index contributed by atoms with van der Waals surface area (Å²) in [6.45, 7) is 3.09. The lowest BCUT2D eigenvalue weighted by Gasteiger charge is -2.15. The lowest BCUT2D eigenvalue weighted by molar-refractivity contribution is 0.578. The highest BCUT2D eigenvalue weighted by Crippen LogP contribution is 2.26. The second-order valence-corrected chi connectivity index (χ2v) is 6.02. The summed E-state index contributed by atoms with van der Waals surface area (Å²) in [5.74, 6) is 1.84. The molecule has 1 aliphatic heterocycles. The highest BCUT2D eigenvalue weighted by atomic mass is 32.1. The first-order chi connectivity index (χ1) is 9.33. The standard InChI is InChI=1S/C14H22N4S/c19-14-17-12-6-8-15-7-5-11(12)13(18-14)16-9-10-3-1-2-4-10/h10,15H,1-9H2,(H2,16,17,18,19). The van der Waals surface area contributed by atoms with Crippen LogP contribution >= 0.6 is 12.2 Å². The summed E-state index contributed by atoms with van der Waals surface area (Å²) >= 11 is 5.25. The minimum Gasteiger partial charge on any atom is -0.369 e. The van der Waals surface area contributed by atoms with Crippen molar-refractivity contribution in [2.75, 3.05) is 25.0 Å². The van der Waals surface area contributed by atoms with E-state index in [1.165, 1.54) is 36.9 Å². The van der Waals surface area contributed by atoms with Gasteiger partial charge in [-0.05, 0) is 43.9 Å². The molecule has 1 saturated carbocycles. The van der Waals surface area contributed by atoms with Gasteiger partial charge in [0.1, 0.15) is 5.82 Å². The maximum atomic E-state index is 5.25. The van der Waals surface area contributed by atoms with Gasteiger partial charge in [0.25, 0.3) is 0 Å². The first-order valence-electron chi connectivity index (χ1n) is 7.39. The normalized spacial score (nSPS) is 20.0. The largest absolute Gasteiger partial charge is 0.369 e. The zero-order valence-electron chi connectivity index (χ0n) is 11.3. The van der Waals surface area contributed by atoms with Gasteiger partial charge < -0.3 is 15.6 Å². The molecule has 104 valence electrons. The van der Waals surface area contributed by atoms with Gasteiger partial charge in [-0.25, -0.2) is 4.98 Å². The summed E-state index contributed by atoms with van der Waals surface area (Å²) < 4.78 is 0.606. The molecule has 0 radical (unpaired) electrons. The number of aromatic amines is 1. The molecule has 3 N–H and O–H groups in total. The van der Waals surface area contributed by atoms with Crippen LogP contribution in [0.3, 0.4) is 0 Å². The van der Waals surface area contributed by atoms with Crippen molar-refractivity contribution in [2.45, 2.75) is 38.5 Å². The Hall–Kier alpha value is -0.940. The molecule has 0 saturated heterocycles. The molecule has 1 aromatic heterocycles. The number of rotatable bonds is 3. The Morgan fingerprint density at radius 1 is 1.21 bits per heavy atom. The van der Waals surface area contributed by atoms with Gasteiger partial charge in [0.2, 0.25) is 0 Å². The van der Waals surface area contributed by atoms with E-state index in [2.05, 4.69) is 20.6 Å². The van der Waals surface area contributed by atoms with Gasteiger partial charge in [0.05, 0.1) is 0 Å². The SMILES string of the molecule is S=c1nc(NCC2CCCC2)c2c([nH]1)CCNCC2. The van der Waals surface area contributed by atoms with E-state index >= 15 is 0 Å². The number of aromatic nitrogens is 2. The van der Waals surface area contributed by atoms with Crippen LogP contribution in [-0.4, -0.2) is 29.6 Å². The minimum atomic E-state index is 0.606. The van der Waals surface area contributed by atoms with E-state index in [1.54, 1.807) is 0 Å². The molecule has 0 spiro atoms. The Bertz CT molecular complexity index is 491. The van der Waals surface area contributed by atoms with E-state index in [9.17, 15) is 0 Å². The summed E-state index contributed by atoms with van der Waals surface area (Å²) in [5.41, 5.74) is 2.59. The maximum absolute atomic E-state index is 5.25. The summed E-state index contributed by atoms with van der Waals surface area (Å²) in [5, 5.41) is 6.99. The topological polar surface area (TPSA) is 52.7 Å². The van der Waals surface area contributed by atoms with Crippen LogP contribution in [0.2, 0.25) is 0 Å². The van der Waals surface area contributed by atoms with Crippen LogP contribution in [0.1, 0.15) is 36.9 Å². The van der Waals surface area contributed by atoms with E-state index < -0.39 is 0 Å².